The van der Waals surface area contributed by atoms with Crippen molar-refractivity contribution >= 4 is 21.6 Å². The van der Waals surface area contributed by atoms with Gasteiger partial charge in [-0.05, 0) is 43.5 Å². The Morgan fingerprint density at radius 2 is 1.83 bits per heavy atom. The molecule has 0 aromatic heterocycles. The number of rotatable bonds is 4. The van der Waals surface area contributed by atoms with Crippen molar-refractivity contribution in [3.05, 3.63) is 30.1 Å². The Balaban J connectivity index is 1.60. The molecule has 2 saturated heterocycles. The van der Waals surface area contributed by atoms with Crippen molar-refractivity contribution in [1.82, 2.24) is 9.62 Å². The van der Waals surface area contributed by atoms with Crippen molar-refractivity contribution in [2.75, 3.05) is 25.0 Å². The number of nitrogens with one attached hydrogen (secondary N) is 2. The molecule has 2 unspecified atom stereocenters. The van der Waals surface area contributed by atoms with Gasteiger partial charge in [-0.15, -0.1) is 0 Å². The Morgan fingerprint density at radius 1 is 1.17 bits per heavy atom. The molecule has 2 N–H and O–H groups in total. The summed E-state index contributed by atoms with van der Waals surface area (Å²) in [5, 5.41) is 5.11. The molecule has 2 heterocycles. The lowest BCUT2D eigenvalue weighted by molar-refractivity contribution is -0.117. The highest BCUT2D eigenvalue weighted by molar-refractivity contribution is 7.89. The number of nitrogens with zero attached hydrogens (tertiary/aromatic N) is 1. The van der Waals surface area contributed by atoms with Crippen molar-refractivity contribution in [1.29, 1.82) is 0 Å². The van der Waals surface area contributed by atoms with Crippen LogP contribution in [0.2, 0.25) is 0 Å². The van der Waals surface area contributed by atoms with Gasteiger partial charge in [0, 0.05) is 25.3 Å². The molecule has 3 rings (SSSR count). The molecular weight excluding hydrogens is 333 g/mol. The zero-order valence-corrected chi connectivity index (χ0v) is 14.2. The summed E-state index contributed by atoms with van der Waals surface area (Å²) in [6, 6.07) is 4.93. The van der Waals surface area contributed by atoms with E-state index < -0.39 is 21.3 Å². The zero-order valence-electron chi connectivity index (χ0n) is 13.4. The maximum absolute atomic E-state index is 12.9. The number of carbonyl (C=O) groups excluding carboxylic acids is 1. The molecule has 6 nitrogen and oxygen atoms in total. The van der Waals surface area contributed by atoms with E-state index in [1.54, 1.807) is 4.31 Å². The van der Waals surface area contributed by atoms with Gasteiger partial charge in [-0.25, -0.2) is 17.1 Å². The van der Waals surface area contributed by atoms with Crippen LogP contribution in [0.5, 0.6) is 0 Å². The molecule has 24 heavy (non-hydrogen) atoms. The highest BCUT2D eigenvalue weighted by Crippen LogP contribution is 2.23. The van der Waals surface area contributed by atoms with Crippen LogP contribution in [0.3, 0.4) is 0 Å². The second kappa shape index (κ2) is 7.16. The van der Waals surface area contributed by atoms with E-state index in [0.717, 1.165) is 19.3 Å². The molecule has 132 valence electrons. The molecule has 0 aliphatic carbocycles. The van der Waals surface area contributed by atoms with Gasteiger partial charge in [-0.2, -0.15) is 0 Å². The molecule has 0 spiro atoms. The molecule has 0 bridgehead atoms. The summed E-state index contributed by atoms with van der Waals surface area (Å²) >= 11 is 0. The van der Waals surface area contributed by atoms with Crippen LogP contribution in [-0.2, 0) is 14.8 Å². The van der Waals surface area contributed by atoms with Crippen molar-refractivity contribution < 1.29 is 17.6 Å². The van der Waals surface area contributed by atoms with E-state index in [0.29, 0.717) is 18.8 Å². The van der Waals surface area contributed by atoms with Crippen LogP contribution in [0.25, 0.3) is 0 Å². The quantitative estimate of drug-likeness (QED) is 0.854. The molecule has 0 radical (unpaired) electrons. The van der Waals surface area contributed by atoms with Crippen LogP contribution < -0.4 is 10.6 Å². The van der Waals surface area contributed by atoms with Crippen molar-refractivity contribution in [2.24, 2.45) is 0 Å². The van der Waals surface area contributed by atoms with Crippen LogP contribution in [0.15, 0.2) is 24.3 Å². The lowest BCUT2D eigenvalue weighted by Crippen LogP contribution is -2.42. The van der Waals surface area contributed by atoms with Gasteiger partial charge < -0.3 is 10.6 Å². The first-order valence-corrected chi connectivity index (χ1v) is 9.76. The highest BCUT2D eigenvalue weighted by Gasteiger charge is 2.40. The number of piperidine rings is 1. The van der Waals surface area contributed by atoms with Gasteiger partial charge >= 0.3 is 0 Å². The summed E-state index contributed by atoms with van der Waals surface area (Å²) in [5.74, 6) is -0.669. The Hall–Kier alpha value is -1.51. The largest absolute Gasteiger partial charge is 0.325 e. The van der Waals surface area contributed by atoms with Crippen LogP contribution in [0.4, 0.5) is 10.1 Å². The van der Waals surface area contributed by atoms with Gasteiger partial charge in [0.2, 0.25) is 15.9 Å². The molecule has 1 aromatic carbocycles. The summed E-state index contributed by atoms with van der Waals surface area (Å²) in [4.78, 5) is 12.3. The number of carbonyl (C=O) groups is 1. The van der Waals surface area contributed by atoms with E-state index in [1.165, 1.54) is 24.3 Å². The first kappa shape index (κ1) is 17.3. The van der Waals surface area contributed by atoms with E-state index in [-0.39, 0.29) is 24.7 Å². The Bertz CT molecular complexity index is 687. The second-order valence-corrected chi connectivity index (χ2v) is 8.53. The number of halogens is 1. The molecular formula is C16H22FN3O3S. The maximum Gasteiger partial charge on any atom is 0.241 e. The van der Waals surface area contributed by atoms with E-state index in [4.69, 9.17) is 0 Å². The predicted molar refractivity (Wildman–Crippen MR) is 89.6 cm³/mol. The highest BCUT2D eigenvalue weighted by atomic mass is 32.2. The Morgan fingerprint density at radius 3 is 2.50 bits per heavy atom. The minimum absolute atomic E-state index is 0.256. The van der Waals surface area contributed by atoms with Crippen molar-refractivity contribution in [2.45, 2.75) is 37.0 Å². The van der Waals surface area contributed by atoms with Gasteiger partial charge in [0.15, 0.2) is 0 Å². The molecule has 8 heteroatoms. The Labute approximate surface area is 141 Å². The predicted octanol–water partition coefficient (Wildman–Crippen LogP) is 1.31. The normalized spacial score (nSPS) is 25.5. The average Bonchev–Trinajstić information content (AvgIpc) is 3.09. The molecule has 2 atom stereocenters. The molecule has 0 saturated carbocycles. The molecule has 1 amide bonds. The van der Waals surface area contributed by atoms with Crippen molar-refractivity contribution in [3.63, 3.8) is 0 Å². The Kier molecular flexibility index (Phi) is 5.17. The SMILES string of the molecule is O=C(Nc1ccc(F)cc1)C1CC(S(=O)(=O)N2CCCCC2)CN1. The van der Waals surface area contributed by atoms with Crippen molar-refractivity contribution in [3.8, 4) is 0 Å². The maximum atomic E-state index is 12.9. The summed E-state index contributed by atoms with van der Waals surface area (Å²) in [7, 11) is -3.37. The number of hydrogen-bond acceptors (Lipinski definition) is 4. The molecule has 2 fully saturated rings. The van der Waals surface area contributed by atoms with Crippen LogP contribution in [0, 0.1) is 5.82 Å². The number of amides is 1. The summed E-state index contributed by atoms with van der Waals surface area (Å²) in [5.41, 5.74) is 0.491. The monoisotopic (exact) mass is 355 g/mol. The third-order valence-corrected chi connectivity index (χ3v) is 6.90. The smallest absolute Gasteiger partial charge is 0.241 e. The minimum Gasteiger partial charge on any atom is -0.325 e. The van der Waals surface area contributed by atoms with E-state index in [9.17, 15) is 17.6 Å². The number of anilines is 1. The topological polar surface area (TPSA) is 78.5 Å². The third kappa shape index (κ3) is 3.76. The minimum atomic E-state index is -3.37. The van der Waals surface area contributed by atoms with Gasteiger partial charge in [0.25, 0.3) is 0 Å². The average molecular weight is 355 g/mol. The first-order chi connectivity index (χ1) is 11.5. The lowest BCUT2D eigenvalue weighted by Gasteiger charge is -2.28. The van der Waals surface area contributed by atoms with E-state index >= 15 is 0 Å². The van der Waals surface area contributed by atoms with Gasteiger partial charge in [0.1, 0.15) is 5.82 Å². The molecule has 2 aliphatic heterocycles. The fourth-order valence-electron chi connectivity index (χ4n) is 3.22. The summed E-state index contributed by atoms with van der Waals surface area (Å²) < 4.78 is 39.8. The fourth-order valence-corrected chi connectivity index (χ4v) is 5.15. The standard InChI is InChI=1S/C16H22FN3O3S/c17-12-4-6-13(7-5-12)19-16(21)15-10-14(11-18-15)24(22,23)20-8-2-1-3-9-20/h4-7,14-15,18H,1-3,8-11H2,(H,19,21). The number of benzene rings is 1. The molecule has 1 aromatic rings. The fraction of sp³-hybridized carbons (Fsp3) is 0.562. The molecule has 2 aliphatic rings. The van der Waals surface area contributed by atoms with E-state index in [1.807, 2.05) is 0 Å². The zero-order chi connectivity index (χ0) is 17.2. The van der Waals surface area contributed by atoms with Gasteiger partial charge in [0.05, 0.1) is 11.3 Å². The lowest BCUT2D eigenvalue weighted by atomic mass is 10.2. The third-order valence-electron chi connectivity index (χ3n) is 4.61. The van der Waals surface area contributed by atoms with Crippen LogP contribution in [0.1, 0.15) is 25.7 Å². The number of hydrogen-bond donors (Lipinski definition) is 2. The summed E-state index contributed by atoms with van der Waals surface area (Å²) in [6.45, 7) is 1.43. The second-order valence-electron chi connectivity index (χ2n) is 6.32. The van der Waals surface area contributed by atoms with Crippen LogP contribution >= 0.6 is 0 Å². The summed E-state index contributed by atoms with van der Waals surface area (Å²) in [6.07, 6.45) is 3.12. The number of sulfonamides is 1. The first-order valence-electron chi connectivity index (χ1n) is 8.25. The van der Waals surface area contributed by atoms with Crippen LogP contribution in [-0.4, -0.2) is 49.6 Å². The van der Waals surface area contributed by atoms with Gasteiger partial charge in [-0.3, -0.25) is 4.79 Å². The van der Waals surface area contributed by atoms with Gasteiger partial charge in [-0.1, -0.05) is 6.42 Å². The van der Waals surface area contributed by atoms with E-state index in [2.05, 4.69) is 10.6 Å².